The highest BCUT2D eigenvalue weighted by molar-refractivity contribution is 5.88. The molecule has 2 amide bonds. The van der Waals surface area contributed by atoms with Crippen molar-refractivity contribution in [1.82, 2.24) is 15.1 Å². The van der Waals surface area contributed by atoms with Crippen LogP contribution in [0.3, 0.4) is 0 Å². The topological polar surface area (TPSA) is 97.1 Å². The molecule has 0 spiro atoms. The van der Waals surface area contributed by atoms with E-state index in [-0.39, 0.29) is 31.1 Å². The summed E-state index contributed by atoms with van der Waals surface area (Å²) in [5.41, 5.74) is 9.33. The quantitative estimate of drug-likeness (QED) is 0.435. The van der Waals surface area contributed by atoms with Gasteiger partial charge in [-0.2, -0.15) is 0 Å². The van der Waals surface area contributed by atoms with E-state index in [0.717, 1.165) is 17.7 Å². The van der Waals surface area contributed by atoms with Gasteiger partial charge in [-0.25, -0.2) is 0 Å². The largest absolute Gasteiger partial charge is 0.454 e. The molecule has 0 saturated heterocycles. The number of carbonyl (C=O) groups excluding carboxylic acids is 2. The molecule has 2 aromatic rings. The molecule has 1 unspecified atom stereocenters. The molecule has 1 aliphatic rings. The Balaban J connectivity index is 1.69. The molecule has 0 fully saturated rings. The fourth-order valence-electron chi connectivity index (χ4n) is 4.60. The summed E-state index contributed by atoms with van der Waals surface area (Å²) < 4.78 is 10.8. The molecule has 0 bridgehead atoms. The normalized spacial score (nSPS) is 14.3. The van der Waals surface area contributed by atoms with Gasteiger partial charge in [0.05, 0.1) is 0 Å². The fraction of sp³-hybridized carbons (Fsp3) is 0.533. The number of amides is 2. The van der Waals surface area contributed by atoms with Crippen LogP contribution in [0, 0.1) is 0 Å². The first-order valence-electron chi connectivity index (χ1n) is 13.5. The summed E-state index contributed by atoms with van der Waals surface area (Å²) in [6.45, 7) is 13.8. The number of nitrogens with one attached hydrogen (secondary N) is 1. The lowest BCUT2D eigenvalue weighted by Crippen LogP contribution is -2.50. The van der Waals surface area contributed by atoms with Gasteiger partial charge >= 0.3 is 0 Å². The van der Waals surface area contributed by atoms with E-state index < -0.39 is 12.1 Å². The van der Waals surface area contributed by atoms with Gasteiger partial charge < -0.3 is 25.4 Å². The molecular formula is C30H44N4O4. The zero-order valence-corrected chi connectivity index (χ0v) is 23.9. The summed E-state index contributed by atoms with van der Waals surface area (Å²) in [6.07, 6.45) is 0.452. The molecule has 0 aliphatic carbocycles. The second kappa shape index (κ2) is 13.1. The number of ether oxygens (including phenoxy) is 2. The second-order valence-electron chi connectivity index (χ2n) is 11.0. The minimum atomic E-state index is -0.687. The molecule has 38 heavy (non-hydrogen) atoms. The van der Waals surface area contributed by atoms with E-state index in [1.54, 1.807) is 24.1 Å². The first-order valence-corrected chi connectivity index (χ1v) is 13.5. The van der Waals surface area contributed by atoms with Crippen LogP contribution in [0.25, 0.3) is 0 Å². The molecule has 8 heteroatoms. The van der Waals surface area contributed by atoms with Crippen molar-refractivity contribution >= 4 is 11.8 Å². The average Bonchev–Trinajstić information content (AvgIpc) is 3.34. The van der Waals surface area contributed by atoms with Gasteiger partial charge in [0.15, 0.2) is 11.5 Å². The predicted octanol–water partition coefficient (Wildman–Crippen LogP) is 4.02. The Morgan fingerprint density at radius 1 is 0.895 bits per heavy atom. The van der Waals surface area contributed by atoms with Gasteiger partial charge in [-0.05, 0) is 70.4 Å². The van der Waals surface area contributed by atoms with Gasteiger partial charge in [-0.1, -0.05) is 30.3 Å². The molecule has 1 aliphatic heterocycles. The third-order valence-corrected chi connectivity index (χ3v) is 7.14. The lowest BCUT2D eigenvalue weighted by atomic mass is 10.0. The number of carbonyl (C=O) groups is 2. The zero-order chi connectivity index (χ0) is 28.0. The smallest absolute Gasteiger partial charge is 0.245 e. The minimum Gasteiger partial charge on any atom is -0.454 e. The summed E-state index contributed by atoms with van der Waals surface area (Å²) in [6, 6.07) is 13.4. The molecule has 208 valence electrons. The van der Waals surface area contributed by atoms with E-state index in [0.29, 0.717) is 30.0 Å². The van der Waals surface area contributed by atoms with Crippen LogP contribution in [0.4, 0.5) is 0 Å². The Hall–Kier alpha value is -3.10. The van der Waals surface area contributed by atoms with Crippen molar-refractivity contribution in [1.29, 1.82) is 0 Å². The number of nitrogens with two attached hydrogens (primary N) is 1. The number of fused-ring (bicyclic) bond motifs is 1. The highest BCUT2D eigenvalue weighted by atomic mass is 16.7. The van der Waals surface area contributed by atoms with Crippen molar-refractivity contribution in [2.75, 3.05) is 13.8 Å². The first-order chi connectivity index (χ1) is 18.0. The lowest BCUT2D eigenvalue weighted by Gasteiger charge is -2.30. The van der Waals surface area contributed by atoms with Gasteiger partial charge in [0.25, 0.3) is 0 Å². The van der Waals surface area contributed by atoms with E-state index in [2.05, 4.69) is 50.0 Å². The van der Waals surface area contributed by atoms with Crippen LogP contribution < -0.4 is 20.5 Å². The Bertz CT molecular complexity index is 1080. The van der Waals surface area contributed by atoms with Crippen LogP contribution >= 0.6 is 0 Å². The highest BCUT2D eigenvalue weighted by Crippen LogP contribution is 2.34. The molecular weight excluding hydrogens is 480 g/mol. The van der Waals surface area contributed by atoms with E-state index in [4.69, 9.17) is 15.2 Å². The van der Waals surface area contributed by atoms with Crippen molar-refractivity contribution in [2.45, 2.75) is 91.1 Å². The number of likely N-dealkylation sites (N-methyl/N-ethyl adjacent to an activating group) is 1. The molecule has 3 N–H and O–H groups in total. The van der Waals surface area contributed by atoms with Crippen LogP contribution in [0.1, 0.15) is 70.7 Å². The lowest BCUT2D eigenvalue weighted by molar-refractivity contribution is -0.136. The van der Waals surface area contributed by atoms with Crippen LogP contribution in [-0.2, 0) is 22.6 Å². The highest BCUT2D eigenvalue weighted by Gasteiger charge is 2.27. The van der Waals surface area contributed by atoms with Gasteiger partial charge in [-0.15, -0.1) is 0 Å². The summed E-state index contributed by atoms with van der Waals surface area (Å²) in [5.74, 6) is 0.893. The molecule has 0 saturated carbocycles. The standard InChI is InChI=1S/C30H44N4O4/c1-19(2)33(7)30(36)26(14-22-8-10-23(11-9-22)17-34(20(3)4)21(5)6)32-29(35)16-25(31)24-12-13-27-28(15-24)38-18-37-27/h8-13,15,19-21,25-26H,14,16-18,31H2,1-7H3,(H,32,35)/t25?,26-/m1/s1. The molecule has 2 aromatic carbocycles. The maximum atomic E-state index is 13.3. The van der Waals surface area contributed by atoms with E-state index >= 15 is 0 Å². The average molecular weight is 525 g/mol. The molecule has 8 nitrogen and oxygen atoms in total. The van der Waals surface area contributed by atoms with E-state index in [9.17, 15) is 9.59 Å². The monoisotopic (exact) mass is 524 g/mol. The third-order valence-electron chi connectivity index (χ3n) is 7.14. The maximum absolute atomic E-state index is 13.3. The van der Waals surface area contributed by atoms with Crippen molar-refractivity contribution in [3.63, 3.8) is 0 Å². The summed E-state index contributed by atoms with van der Waals surface area (Å²) in [5, 5.41) is 2.96. The van der Waals surface area contributed by atoms with Crippen LogP contribution in [0.15, 0.2) is 42.5 Å². The number of hydrogen-bond donors (Lipinski definition) is 2. The van der Waals surface area contributed by atoms with Crippen molar-refractivity contribution in [3.8, 4) is 11.5 Å². The van der Waals surface area contributed by atoms with Crippen molar-refractivity contribution in [2.24, 2.45) is 5.73 Å². The first kappa shape index (κ1) is 29.5. The Kier molecular flexibility index (Phi) is 10.2. The third kappa shape index (κ3) is 7.71. The molecule has 0 aromatic heterocycles. The number of benzene rings is 2. The number of rotatable bonds is 12. The SMILES string of the molecule is CC(C)N(C)C(=O)[C@@H](Cc1ccc(CN(C(C)C)C(C)C)cc1)NC(=O)CC(N)c1ccc2c(c1)OCO2. The van der Waals surface area contributed by atoms with Crippen molar-refractivity contribution in [3.05, 3.63) is 59.2 Å². The summed E-state index contributed by atoms with van der Waals surface area (Å²) >= 11 is 0. The summed E-state index contributed by atoms with van der Waals surface area (Å²) in [4.78, 5) is 30.5. The zero-order valence-electron chi connectivity index (χ0n) is 23.9. The molecule has 3 rings (SSSR count). The second-order valence-corrected chi connectivity index (χ2v) is 11.0. The van der Waals surface area contributed by atoms with Crippen LogP contribution in [0.5, 0.6) is 11.5 Å². The van der Waals surface area contributed by atoms with Crippen LogP contribution in [-0.4, -0.2) is 59.6 Å². The molecule has 2 atom stereocenters. The van der Waals surface area contributed by atoms with Gasteiger partial charge in [-0.3, -0.25) is 14.5 Å². The number of hydrogen-bond acceptors (Lipinski definition) is 6. The summed E-state index contributed by atoms with van der Waals surface area (Å²) in [7, 11) is 1.76. The number of nitrogens with zero attached hydrogens (tertiary/aromatic N) is 2. The van der Waals surface area contributed by atoms with Crippen molar-refractivity contribution < 1.29 is 19.1 Å². The Morgan fingerprint density at radius 2 is 1.50 bits per heavy atom. The molecule has 0 radical (unpaired) electrons. The van der Waals surface area contributed by atoms with E-state index in [1.165, 1.54) is 5.56 Å². The Labute approximate surface area is 227 Å². The minimum absolute atomic E-state index is 0.0122. The van der Waals surface area contributed by atoms with E-state index in [1.807, 2.05) is 32.0 Å². The predicted molar refractivity (Wildman–Crippen MR) is 150 cm³/mol. The van der Waals surface area contributed by atoms with Gasteiger partial charge in [0, 0.05) is 50.6 Å². The Morgan fingerprint density at radius 3 is 2.11 bits per heavy atom. The van der Waals surface area contributed by atoms with Crippen LogP contribution in [0.2, 0.25) is 0 Å². The molecule has 1 heterocycles. The van der Waals surface area contributed by atoms with Gasteiger partial charge in [0.2, 0.25) is 18.6 Å². The maximum Gasteiger partial charge on any atom is 0.245 e. The van der Waals surface area contributed by atoms with Gasteiger partial charge in [0.1, 0.15) is 6.04 Å². The fourth-order valence-corrected chi connectivity index (χ4v) is 4.60.